The van der Waals surface area contributed by atoms with Crippen molar-refractivity contribution in [1.29, 1.82) is 0 Å². The van der Waals surface area contributed by atoms with Crippen molar-refractivity contribution >= 4 is 22.2 Å². The van der Waals surface area contributed by atoms with Gasteiger partial charge in [0.15, 0.2) is 17.9 Å². The summed E-state index contributed by atoms with van der Waals surface area (Å²) >= 11 is 3.23. The molecule has 2 rings (SSSR count). The van der Waals surface area contributed by atoms with E-state index < -0.39 is 11.6 Å². The molecule has 2 aromatic carbocycles. The van der Waals surface area contributed by atoms with Crippen LogP contribution in [0.25, 0.3) is 0 Å². The van der Waals surface area contributed by atoms with Gasteiger partial charge in [-0.1, -0.05) is 28.1 Å². The van der Waals surface area contributed by atoms with Crippen LogP contribution in [0.2, 0.25) is 0 Å². The second-order valence-electron chi connectivity index (χ2n) is 3.80. The summed E-state index contributed by atoms with van der Waals surface area (Å²) in [6.45, 7) is -0.147. The van der Waals surface area contributed by atoms with Gasteiger partial charge in [-0.05, 0) is 24.3 Å². The predicted molar refractivity (Wildman–Crippen MR) is 70.2 cm³/mol. The molecule has 5 heteroatoms. The molecule has 0 amide bonds. The predicted octanol–water partition coefficient (Wildman–Crippen LogP) is 4.12. The van der Waals surface area contributed by atoms with Crippen LogP contribution in [-0.2, 0) is 6.61 Å². The van der Waals surface area contributed by atoms with Crippen LogP contribution in [0.4, 0.5) is 8.78 Å². The zero-order valence-electron chi connectivity index (χ0n) is 9.70. The van der Waals surface area contributed by atoms with Gasteiger partial charge in [-0.3, -0.25) is 4.79 Å². The fourth-order valence-corrected chi connectivity index (χ4v) is 1.94. The molecule has 0 fully saturated rings. The van der Waals surface area contributed by atoms with E-state index in [2.05, 4.69) is 15.9 Å². The van der Waals surface area contributed by atoms with Crippen molar-refractivity contribution in [1.82, 2.24) is 0 Å². The van der Waals surface area contributed by atoms with Gasteiger partial charge >= 0.3 is 0 Å². The first kappa shape index (κ1) is 13.7. The Morgan fingerprint density at radius 3 is 2.74 bits per heavy atom. The van der Waals surface area contributed by atoms with E-state index in [0.29, 0.717) is 17.6 Å². The van der Waals surface area contributed by atoms with E-state index in [1.54, 1.807) is 18.2 Å². The van der Waals surface area contributed by atoms with Gasteiger partial charge in [-0.25, -0.2) is 8.78 Å². The quantitative estimate of drug-likeness (QED) is 0.790. The van der Waals surface area contributed by atoms with Crippen molar-refractivity contribution in [3.63, 3.8) is 0 Å². The third-order valence-corrected chi connectivity index (χ3v) is 3.01. The van der Waals surface area contributed by atoms with E-state index in [4.69, 9.17) is 4.74 Å². The minimum absolute atomic E-state index is 0.0970. The lowest BCUT2D eigenvalue weighted by molar-refractivity contribution is 0.111. The Hall–Kier alpha value is -1.75. The van der Waals surface area contributed by atoms with E-state index in [0.717, 1.165) is 10.5 Å². The second-order valence-corrected chi connectivity index (χ2v) is 4.72. The van der Waals surface area contributed by atoms with Gasteiger partial charge < -0.3 is 4.74 Å². The summed E-state index contributed by atoms with van der Waals surface area (Å²) in [5.74, 6) is -1.54. The van der Waals surface area contributed by atoms with Gasteiger partial charge in [0.05, 0.1) is 5.56 Å². The first-order valence-electron chi connectivity index (χ1n) is 5.42. The largest absolute Gasteiger partial charge is 0.488 e. The zero-order valence-corrected chi connectivity index (χ0v) is 11.3. The van der Waals surface area contributed by atoms with Gasteiger partial charge in [0, 0.05) is 10.0 Å². The molecule has 0 N–H and O–H groups in total. The number of ether oxygens (including phenoxy) is 1. The maximum Gasteiger partial charge on any atom is 0.165 e. The standard InChI is InChI=1S/C14H9BrF2O2/c15-11-4-5-13(10(6-11)7-18)19-8-9-2-1-3-12(16)14(9)17/h1-7H,8H2. The van der Waals surface area contributed by atoms with E-state index in [-0.39, 0.29) is 12.2 Å². The molecule has 2 aromatic rings. The summed E-state index contributed by atoms with van der Waals surface area (Å²) in [4.78, 5) is 10.9. The Morgan fingerprint density at radius 1 is 1.21 bits per heavy atom. The summed E-state index contributed by atoms with van der Waals surface area (Å²) in [6, 6.07) is 8.74. The minimum Gasteiger partial charge on any atom is -0.488 e. The smallest absolute Gasteiger partial charge is 0.165 e. The molecule has 0 saturated carbocycles. The van der Waals surface area contributed by atoms with Crippen molar-refractivity contribution < 1.29 is 18.3 Å². The van der Waals surface area contributed by atoms with Crippen molar-refractivity contribution in [2.75, 3.05) is 0 Å². The summed E-state index contributed by atoms with van der Waals surface area (Å²) in [5, 5.41) is 0. The zero-order chi connectivity index (χ0) is 13.8. The molecule has 19 heavy (non-hydrogen) atoms. The summed E-state index contributed by atoms with van der Waals surface area (Å²) in [5.41, 5.74) is 0.436. The fourth-order valence-electron chi connectivity index (χ4n) is 1.56. The van der Waals surface area contributed by atoms with Gasteiger partial charge in [0.25, 0.3) is 0 Å². The van der Waals surface area contributed by atoms with E-state index in [1.807, 2.05) is 0 Å². The number of halogens is 3. The highest BCUT2D eigenvalue weighted by Gasteiger charge is 2.09. The normalized spacial score (nSPS) is 10.3. The van der Waals surface area contributed by atoms with Crippen LogP contribution in [-0.4, -0.2) is 6.29 Å². The molecular formula is C14H9BrF2O2. The van der Waals surface area contributed by atoms with Gasteiger partial charge in [0.2, 0.25) is 0 Å². The number of carbonyl (C=O) groups excluding carboxylic acids is 1. The molecule has 98 valence electrons. The van der Waals surface area contributed by atoms with Crippen LogP contribution in [0, 0.1) is 11.6 Å². The number of hydrogen-bond donors (Lipinski definition) is 0. The van der Waals surface area contributed by atoms with Crippen molar-refractivity contribution in [2.45, 2.75) is 6.61 Å². The molecule has 0 unspecified atom stereocenters. The first-order valence-corrected chi connectivity index (χ1v) is 6.21. The Bertz CT molecular complexity index is 614. The van der Waals surface area contributed by atoms with Crippen LogP contribution < -0.4 is 4.74 Å². The summed E-state index contributed by atoms with van der Waals surface area (Å²) < 4.78 is 32.5. The molecule has 0 bridgehead atoms. The maximum atomic E-state index is 13.4. The first-order chi connectivity index (χ1) is 9.11. The number of aldehydes is 1. The Balaban J connectivity index is 2.19. The molecule has 0 radical (unpaired) electrons. The molecule has 0 aromatic heterocycles. The summed E-state index contributed by atoms with van der Waals surface area (Å²) in [6.07, 6.45) is 0.641. The highest BCUT2D eigenvalue weighted by atomic mass is 79.9. The maximum absolute atomic E-state index is 13.4. The molecule has 0 atom stereocenters. The molecule has 0 aliphatic heterocycles. The van der Waals surface area contributed by atoms with Crippen LogP contribution in [0.1, 0.15) is 15.9 Å². The molecule has 0 saturated heterocycles. The van der Waals surface area contributed by atoms with Crippen LogP contribution in [0.5, 0.6) is 5.75 Å². The third-order valence-electron chi connectivity index (χ3n) is 2.51. The number of rotatable bonds is 4. The van der Waals surface area contributed by atoms with E-state index in [9.17, 15) is 13.6 Å². The molecule has 0 spiro atoms. The lowest BCUT2D eigenvalue weighted by Crippen LogP contribution is -2.02. The van der Waals surface area contributed by atoms with Crippen molar-refractivity contribution in [3.8, 4) is 5.75 Å². The molecule has 2 nitrogen and oxygen atoms in total. The van der Waals surface area contributed by atoms with Gasteiger partial charge in [-0.2, -0.15) is 0 Å². The topological polar surface area (TPSA) is 26.3 Å². The summed E-state index contributed by atoms with van der Waals surface area (Å²) in [7, 11) is 0. The van der Waals surface area contributed by atoms with Crippen LogP contribution in [0.15, 0.2) is 40.9 Å². The average Bonchev–Trinajstić information content (AvgIpc) is 2.41. The van der Waals surface area contributed by atoms with Gasteiger partial charge in [-0.15, -0.1) is 0 Å². The molecule has 0 aliphatic rings. The molecular weight excluding hydrogens is 318 g/mol. The second kappa shape index (κ2) is 5.93. The van der Waals surface area contributed by atoms with E-state index >= 15 is 0 Å². The Morgan fingerprint density at radius 2 is 2.00 bits per heavy atom. The van der Waals surface area contributed by atoms with Gasteiger partial charge in [0.1, 0.15) is 12.4 Å². The van der Waals surface area contributed by atoms with Crippen molar-refractivity contribution in [2.24, 2.45) is 0 Å². The fraction of sp³-hybridized carbons (Fsp3) is 0.0714. The lowest BCUT2D eigenvalue weighted by Gasteiger charge is -2.09. The van der Waals surface area contributed by atoms with Crippen LogP contribution in [0.3, 0.4) is 0 Å². The number of carbonyl (C=O) groups is 1. The van der Waals surface area contributed by atoms with Crippen molar-refractivity contribution in [3.05, 3.63) is 63.6 Å². The Kier molecular flexibility index (Phi) is 4.27. The average molecular weight is 327 g/mol. The number of benzene rings is 2. The Labute approximate surface area is 117 Å². The highest BCUT2D eigenvalue weighted by molar-refractivity contribution is 9.10. The van der Waals surface area contributed by atoms with E-state index in [1.165, 1.54) is 12.1 Å². The minimum atomic E-state index is -0.938. The molecule has 0 aliphatic carbocycles. The van der Waals surface area contributed by atoms with Crippen LogP contribution >= 0.6 is 15.9 Å². The SMILES string of the molecule is O=Cc1cc(Br)ccc1OCc1cccc(F)c1F. The number of hydrogen-bond acceptors (Lipinski definition) is 2. The third kappa shape index (κ3) is 3.17. The molecule has 0 heterocycles. The monoisotopic (exact) mass is 326 g/mol. The highest BCUT2D eigenvalue weighted by Crippen LogP contribution is 2.23. The lowest BCUT2D eigenvalue weighted by atomic mass is 10.2.